The largest absolute Gasteiger partial charge is 0.497 e. The van der Waals surface area contributed by atoms with Gasteiger partial charge in [0.25, 0.3) is 5.91 Å². The maximum absolute atomic E-state index is 12.8. The molecule has 1 aromatic rings. The van der Waals surface area contributed by atoms with Gasteiger partial charge in [0.15, 0.2) is 0 Å². The summed E-state index contributed by atoms with van der Waals surface area (Å²) in [4.78, 5) is 25.4. The van der Waals surface area contributed by atoms with E-state index < -0.39 is 5.97 Å². The predicted octanol–water partition coefficient (Wildman–Crippen LogP) is 1.74. The highest BCUT2D eigenvalue weighted by Gasteiger charge is 2.30. The summed E-state index contributed by atoms with van der Waals surface area (Å²) in [6.45, 7) is 0.538. The molecule has 0 aromatic heterocycles. The molecule has 1 fully saturated rings. The Morgan fingerprint density at radius 3 is 2.77 bits per heavy atom. The number of nitrogens with zero attached hydrogens (tertiary/aromatic N) is 1. The number of aliphatic carboxylic acids is 1. The molecule has 120 valence electrons. The number of hydrogen-bond donors (Lipinski definition) is 1. The van der Waals surface area contributed by atoms with Gasteiger partial charge in [0.2, 0.25) is 0 Å². The Balaban J connectivity index is 2.26. The van der Waals surface area contributed by atoms with Crippen LogP contribution in [0.3, 0.4) is 0 Å². The van der Waals surface area contributed by atoms with Gasteiger partial charge in [-0.1, -0.05) is 0 Å². The number of rotatable bonds is 5. The van der Waals surface area contributed by atoms with Crippen molar-refractivity contribution in [1.29, 1.82) is 0 Å². The van der Waals surface area contributed by atoms with E-state index >= 15 is 0 Å². The Morgan fingerprint density at radius 2 is 2.14 bits per heavy atom. The zero-order chi connectivity index (χ0) is 16.1. The molecule has 1 unspecified atom stereocenters. The molecule has 1 heterocycles. The Morgan fingerprint density at radius 1 is 1.36 bits per heavy atom. The average Bonchev–Trinajstić information content (AvgIpc) is 2.53. The Bertz CT molecular complexity index is 563. The summed E-state index contributed by atoms with van der Waals surface area (Å²) >= 11 is 1.67. The number of carbonyl (C=O) groups is 2. The van der Waals surface area contributed by atoms with Crippen molar-refractivity contribution in [2.75, 3.05) is 32.3 Å². The van der Waals surface area contributed by atoms with Crippen LogP contribution in [0.4, 0.5) is 0 Å². The number of amides is 1. The second-order valence-corrected chi connectivity index (χ2v) is 6.04. The van der Waals surface area contributed by atoms with Crippen molar-refractivity contribution in [3.05, 3.63) is 23.8 Å². The van der Waals surface area contributed by atoms with E-state index in [0.29, 0.717) is 29.4 Å². The van der Waals surface area contributed by atoms with Crippen molar-refractivity contribution in [3.63, 3.8) is 0 Å². The summed E-state index contributed by atoms with van der Waals surface area (Å²) in [5, 5.41) is 9.02. The first-order valence-electron chi connectivity index (χ1n) is 6.89. The van der Waals surface area contributed by atoms with Crippen molar-refractivity contribution in [2.24, 2.45) is 0 Å². The zero-order valence-corrected chi connectivity index (χ0v) is 13.4. The van der Waals surface area contributed by atoms with E-state index in [-0.39, 0.29) is 18.4 Å². The third-order valence-corrected chi connectivity index (χ3v) is 4.63. The van der Waals surface area contributed by atoms with Crippen LogP contribution in [0, 0.1) is 0 Å². The van der Waals surface area contributed by atoms with E-state index in [2.05, 4.69) is 0 Å². The second-order valence-electron chi connectivity index (χ2n) is 4.89. The lowest BCUT2D eigenvalue weighted by Gasteiger charge is -2.35. The van der Waals surface area contributed by atoms with E-state index in [0.717, 1.165) is 5.75 Å². The minimum Gasteiger partial charge on any atom is -0.497 e. The standard InChI is InChI=1S/C15H19NO5S/c1-20-11-3-4-12(13(8-11)21-2)15(19)16-5-6-22-9-10(16)7-14(17)18/h3-4,8,10H,5-7,9H2,1-2H3,(H,17,18). The van der Waals surface area contributed by atoms with Gasteiger partial charge in [-0.15, -0.1) is 0 Å². The van der Waals surface area contributed by atoms with Crippen LogP contribution >= 0.6 is 11.8 Å². The van der Waals surface area contributed by atoms with Gasteiger partial charge in [0, 0.05) is 24.1 Å². The highest BCUT2D eigenvalue weighted by Crippen LogP contribution is 2.28. The maximum Gasteiger partial charge on any atom is 0.305 e. The van der Waals surface area contributed by atoms with E-state index in [1.807, 2.05) is 0 Å². The summed E-state index contributed by atoms with van der Waals surface area (Å²) in [5.41, 5.74) is 0.422. The molecule has 2 rings (SSSR count). The smallest absolute Gasteiger partial charge is 0.305 e. The molecule has 0 bridgehead atoms. The van der Waals surface area contributed by atoms with Gasteiger partial charge >= 0.3 is 5.97 Å². The van der Waals surface area contributed by atoms with Crippen LogP contribution in [0.2, 0.25) is 0 Å². The zero-order valence-electron chi connectivity index (χ0n) is 12.6. The van der Waals surface area contributed by atoms with E-state index in [1.165, 1.54) is 7.11 Å². The van der Waals surface area contributed by atoms with Crippen LogP contribution in [0.1, 0.15) is 16.8 Å². The van der Waals surface area contributed by atoms with Gasteiger partial charge in [-0.05, 0) is 12.1 Å². The third kappa shape index (κ3) is 3.65. The highest BCUT2D eigenvalue weighted by molar-refractivity contribution is 7.99. The SMILES string of the molecule is COc1ccc(C(=O)N2CCSCC2CC(=O)O)c(OC)c1. The molecule has 6 nitrogen and oxygen atoms in total. The van der Waals surface area contributed by atoms with Crippen molar-refractivity contribution in [3.8, 4) is 11.5 Å². The van der Waals surface area contributed by atoms with Crippen LogP contribution in [-0.4, -0.2) is 60.2 Å². The monoisotopic (exact) mass is 325 g/mol. The van der Waals surface area contributed by atoms with Gasteiger partial charge < -0.3 is 19.5 Å². The van der Waals surface area contributed by atoms with E-state index in [9.17, 15) is 9.59 Å². The minimum atomic E-state index is -0.896. The predicted molar refractivity (Wildman–Crippen MR) is 83.9 cm³/mol. The molecule has 0 aliphatic carbocycles. The van der Waals surface area contributed by atoms with Crippen LogP contribution < -0.4 is 9.47 Å². The van der Waals surface area contributed by atoms with Gasteiger partial charge in [-0.3, -0.25) is 9.59 Å². The molecule has 22 heavy (non-hydrogen) atoms. The first-order chi connectivity index (χ1) is 10.6. The molecule has 1 amide bonds. The van der Waals surface area contributed by atoms with Gasteiger partial charge in [-0.25, -0.2) is 0 Å². The molecule has 1 N–H and O–H groups in total. The number of carboxylic acid groups (broad SMARTS) is 1. The molecule has 1 aromatic carbocycles. The molecule has 0 saturated carbocycles. The molecular formula is C15H19NO5S. The Labute approximate surface area is 133 Å². The lowest BCUT2D eigenvalue weighted by Crippen LogP contribution is -2.47. The molecule has 0 spiro atoms. The summed E-state index contributed by atoms with van der Waals surface area (Å²) in [6, 6.07) is 4.70. The van der Waals surface area contributed by atoms with Crippen molar-refractivity contribution < 1.29 is 24.2 Å². The van der Waals surface area contributed by atoms with E-state index in [1.54, 1.807) is 42.0 Å². The fraction of sp³-hybridized carbons (Fsp3) is 0.467. The normalized spacial score (nSPS) is 17.9. The molecule has 0 radical (unpaired) electrons. The number of benzene rings is 1. The summed E-state index contributed by atoms with van der Waals surface area (Å²) in [5.74, 6) is 1.37. The fourth-order valence-corrected chi connectivity index (χ4v) is 3.49. The molecule has 7 heteroatoms. The van der Waals surface area contributed by atoms with Crippen molar-refractivity contribution >= 4 is 23.6 Å². The average molecular weight is 325 g/mol. The second kappa shape index (κ2) is 7.40. The third-order valence-electron chi connectivity index (χ3n) is 3.54. The van der Waals surface area contributed by atoms with Gasteiger partial charge in [0.05, 0.1) is 32.2 Å². The fourth-order valence-electron chi connectivity index (χ4n) is 2.42. The Hall–Kier alpha value is -1.89. The lowest BCUT2D eigenvalue weighted by atomic mass is 10.1. The number of thioether (sulfide) groups is 1. The number of ether oxygens (including phenoxy) is 2. The maximum atomic E-state index is 12.8. The van der Waals surface area contributed by atoms with Gasteiger partial charge in [-0.2, -0.15) is 11.8 Å². The lowest BCUT2D eigenvalue weighted by molar-refractivity contribution is -0.138. The molecule has 1 aliphatic heterocycles. The van der Waals surface area contributed by atoms with Crippen LogP contribution in [0.5, 0.6) is 11.5 Å². The first kappa shape index (κ1) is 16.5. The Kier molecular flexibility index (Phi) is 5.54. The highest BCUT2D eigenvalue weighted by atomic mass is 32.2. The summed E-state index contributed by atoms with van der Waals surface area (Å²) in [6.07, 6.45) is -0.0444. The number of carboxylic acids is 1. The van der Waals surface area contributed by atoms with E-state index in [4.69, 9.17) is 14.6 Å². The molecule has 1 aliphatic rings. The van der Waals surface area contributed by atoms with Crippen molar-refractivity contribution in [1.82, 2.24) is 4.90 Å². The van der Waals surface area contributed by atoms with Crippen LogP contribution in [0.15, 0.2) is 18.2 Å². The van der Waals surface area contributed by atoms with Gasteiger partial charge in [0.1, 0.15) is 11.5 Å². The van der Waals surface area contributed by atoms with Crippen molar-refractivity contribution in [2.45, 2.75) is 12.5 Å². The molecule has 1 atom stereocenters. The molecule has 1 saturated heterocycles. The number of hydrogen-bond acceptors (Lipinski definition) is 5. The number of methoxy groups -OCH3 is 2. The minimum absolute atomic E-state index is 0.0444. The quantitative estimate of drug-likeness (QED) is 0.888. The summed E-state index contributed by atoms with van der Waals surface area (Å²) < 4.78 is 10.4. The number of carbonyl (C=O) groups excluding carboxylic acids is 1. The first-order valence-corrected chi connectivity index (χ1v) is 8.04. The molecular weight excluding hydrogens is 306 g/mol. The van der Waals surface area contributed by atoms with Crippen LogP contribution in [0.25, 0.3) is 0 Å². The summed E-state index contributed by atoms with van der Waals surface area (Å²) in [7, 11) is 3.04. The topological polar surface area (TPSA) is 76.1 Å². The van der Waals surface area contributed by atoms with Crippen LogP contribution in [-0.2, 0) is 4.79 Å².